The van der Waals surface area contributed by atoms with Gasteiger partial charge >= 0.3 is 0 Å². The summed E-state index contributed by atoms with van der Waals surface area (Å²) < 4.78 is 23.3. The van der Waals surface area contributed by atoms with E-state index in [0.717, 1.165) is 11.3 Å². The summed E-state index contributed by atoms with van der Waals surface area (Å²) in [5.74, 6) is 0.490. The molecule has 0 aliphatic heterocycles. The van der Waals surface area contributed by atoms with Gasteiger partial charge in [-0.15, -0.1) is 0 Å². The maximum absolute atomic E-state index is 13.0. The number of hydrogen-bond acceptors (Lipinski definition) is 3. The molecule has 1 amide bonds. The van der Waals surface area contributed by atoms with E-state index >= 15 is 0 Å². The lowest BCUT2D eigenvalue weighted by molar-refractivity contribution is -0.123. The fourth-order valence-electron chi connectivity index (χ4n) is 1.93. The molecule has 0 saturated carbocycles. The van der Waals surface area contributed by atoms with E-state index in [9.17, 15) is 9.18 Å². The largest absolute Gasteiger partial charge is 0.497 e. The van der Waals surface area contributed by atoms with Crippen LogP contribution in [-0.4, -0.2) is 26.2 Å². The van der Waals surface area contributed by atoms with Crippen LogP contribution >= 0.6 is 0 Å². The summed E-state index contributed by atoms with van der Waals surface area (Å²) in [6.45, 7) is 0.361. The van der Waals surface area contributed by atoms with Crippen molar-refractivity contribution in [3.05, 3.63) is 59.9 Å². The molecule has 5 heteroatoms. The lowest BCUT2D eigenvalue weighted by Gasteiger charge is -2.08. The third kappa shape index (κ3) is 5.09. The van der Waals surface area contributed by atoms with E-state index in [-0.39, 0.29) is 12.5 Å². The molecule has 0 saturated heterocycles. The summed E-state index contributed by atoms with van der Waals surface area (Å²) in [5, 5.41) is 2.75. The normalized spacial score (nSPS) is 10.1. The molecule has 0 unspecified atom stereocenters. The summed E-state index contributed by atoms with van der Waals surface area (Å²) in [4.78, 5) is 11.7. The van der Waals surface area contributed by atoms with Crippen molar-refractivity contribution in [2.45, 2.75) is 6.42 Å². The van der Waals surface area contributed by atoms with E-state index < -0.39 is 5.82 Å². The van der Waals surface area contributed by atoms with Crippen molar-refractivity contribution < 1.29 is 18.7 Å². The zero-order chi connectivity index (χ0) is 15.8. The van der Waals surface area contributed by atoms with Crippen LogP contribution in [0.1, 0.15) is 5.56 Å². The van der Waals surface area contributed by atoms with E-state index in [0.29, 0.717) is 18.7 Å². The molecule has 0 radical (unpaired) electrons. The van der Waals surface area contributed by atoms with Gasteiger partial charge in [0.15, 0.2) is 6.61 Å². The highest BCUT2D eigenvalue weighted by Gasteiger charge is 2.03. The number of ether oxygens (including phenoxy) is 2. The molecule has 4 nitrogen and oxygen atoms in total. The van der Waals surface area contributed by atoms with Crippen LogP contribution < -0.4 is 14.8 Å². The molecule has 2 rings (SSSR count). The molecule has 1 N–H and O–H groups in total. The Morgan fingerprint density at radius 1 is 1.14 bits per heavy atom. The molecule has 116 valence electrons. The van der Waals surface area contributed by atoms with Gasteiger partial charge in [-0.25, -0.2) is 4.39 Å². The number of rotatable bonds is 7. The minimum atomic E-state index is -0.393. The number of halogens is 1. The zero-order valence-electron chi connectivity index (χ0n) is 12.3. The third-order valence-corrected chi connectivity index (χ3v) is 3.04. The lowest BCUT2D eigenvalue weighted by atomic mass is 10.1. The third-order valence-electron chi connectivity index (χ3n) is 3.04. The molecule has 0 atom stereocenters. The maximum Gasteiger partial charge on any atom is 0.257 e. The van der Waals surface area contributed by atoms with Crippen LogP contribution in [0.5, 0.6) is 11.5 Å². The highest BCUT2D eigenvalue weighted by Crippen LogP contribution is 2.13. The van der Waals surface area contributed by atoms with E-state index in [1.54, 1.807) is 13.2 Å². The van der Waals surface area contributed by atoms with Crippen LogP contribution in [-0.2, 0) is 11.2 Å². The van der Waals surface area contributed by atoms with E-state index in [1.165, 1.54) is 18.2 Å². The average molecular weight is 303 g/mol. The summed E-state index contributed by atoms with van der Waals surface area (Å²) in [6, 6.07) is 13.4. The smallest absolute Gasteiger partial charge is 0.257 e. The molecule has 0 heterocycles. The molecule has 22 heavy (non-hydrogen) atoms. The maximum atomic E-state index is 13.0. The van der Waals surface area contributed by atoms with Crippen molar-refractivity contribution in [3.8, 4) is 11.5 Å². The topological polar surface area (TPSA) is 47.6 Å². The van der Waals surface area contributed by atoms with Crippen molar-refractivity contribution in [2.75, 3.05) is 20.3 Å². The Balaban J connectivity index is 1.71. The Morgan fingerprint density at radius 2 is 1.91 bits per heavy atom. The summed E-state index contributed by atoms with van der Waals surface area (Å²) in [6.07, 6.45) is 0.697. The predicted molar refractivity (Wildman–Crippen MR) is 81.6 cm³/mol. The highest BCUT2D eigenvalue weighted by atomic mass is 19.1. The fraction of sp³-hybridized carbons (Fsp3) is 0.235. The fourth-order valence-corrected chi connectivity index (χ4v) is 1.93. The Morgan fingerprint density at radius 3 is 2.68 bits per heavy atom. The summed E-state index contributed by atoms with van der Waals surface area (Å²) >= 11 is 0. The van der Waals surface area contributed by atoms with E-state index in [1.807, 2.05) is 24.3 Å². The van der Waals surface area contributed by atoms with Crippen LogP contribution in [0.25, 0.3) is 0 Å². The molecule has 0 aliphatic rings. The minimum Gasteiger partial charge on any atom is -0.497 e. The number of methoxy groups -OCH3 is 1. The van der Waals surface area contributed by atoms with Crippen LogP contribution in [0.4, 0.5) is 4.39 Å². The number of carbonyl (C=O) groups is 1. The van der Waals surface area contributed by atoms with Gasteiger partial charge in [-0.05, 0) is 36.2 Å². The van der Waals surface area contributed by atoms with Gasteiger partial charge in [-0.1, -0.05) is 18.2 Å². The molecule has 0 fully saturated rings. The molecule has 0 aromatic heterocycles. The molecule has 0 aliphatic carbocycles. The first-order valence-corrected chi connectivity index (χ1v) is 6.95. The number of nitrogens with one attached hydrogen (secondary N) is 1. The molecule has 2 aromatic carbocycles. The standard InChI is InChI=1S/C17H18FNO3/c1-21-15-6-2-4-13(10-15)8-9-19-17(20)12-22-16-7-3-5-14(18)11-16/h2-7,10-11H,8-9,12H2,1H3,(H,19,20). The summed E-state index contributed by atoms with van der Waals surface area (Å²) in [5.41, 5.74) is 1.07. The van der Waals surface area contributed by atoms with Crippen LogP contribution in [0.2, 0.25) is 0 Å². The Bertz CT molecular complexity index is 631. The van der Waals surface area contributed by atoms with Crippen molar-refractivity contribution in [1.29, 1.82) is 0 Å². The van der Waals surface area contributed by atoms with Gasteiger partial charge < -0.3 is 14.8 Å². The zero-order valence-corrected chi connectivity index (χ0v) is 12.3. The first-order chi connectivity index (χ1) is 10.7. The average Bonchev–Trinajstić information content (AvgIpc) is 2.53. The Hall–Kier alpha value is -2.56. The van der Waals surface area contributed by atoms with Crippen LogP contribution in [0, 0.1) is 5.82 Å². The number of carbonyl (C=O) groups excluding carboxylic acids is 1. The van der Waals surface area contributed by atoms with Gasteiger partial charge in [0, 0.05) is 12.6 Å². The molecular weight excluding hydrogens is 285 g/mol. The second kappa shape index (κ2) is 8.02. The van der Waals surface area contributed by atoms with Crippen molar-refractivity contribution in [1.82, 2.24) is 5.32 Å². The first kappa shape index (κ1) is 15.8. The monoisotopic (exact) mass is 303 g/mol. The second-order valence-electron chi connectivity index (χ2n) is 4.70. The molecule has 2 aromatic rings. The minimum absolute atomic E-state index is 0.137. The Labute approximate surface area is 128 Å². The van der Waals surface area contributed by atoms with Crippen LogP contribution in [0.3, 0.4) is 0 Å². The van der Waals surface area contributed by atoms with Gasteiger partial charge in [0.05, 0.1) is 7.11 Å². The highest BCUT2D eigenvalue weighted by molar-refractivity contribution is 5.77. The van der Waals surface area contributed by atoms with Crippen LogP contribution in [0.15, 0.2) is 48.5 Å². The molecule has 0 bridgehead atoms. The lowest BCUT2D eigenvalue weighted by Crippen LogP contribution is -2.30. The quantitative estimate of drug-likeness (QED) is 0.855. The van der Waals surface area contributed by atoms with Gasteiger partial charge in [0.2, 0.25) is 0 Å². The van der Waals surface area contributed by atoms with Gasteiger partial charge in [0.25, 0.3) is 5.91 Å². The number of hydrogen-bond donors (Lipinski definition) is 1. The molecular formula is C17H18FNO3. The first-order valence-electron chi connectivity index (χ1n) is 6.95. The molecule has 0 spiro atoms. The Kier molecular flexibility index (Phi) is 5.77. The van der Waals surface area contributed by atoms with E-state index in [4.69, 9.17) is 9.47 Å². The number of benzene rings is 2. The van der Waals surface area contributed by atoms with Gasteiger partial charge in [-0.3, -0.25) is 4.79 Å². The van der Waals surface area contributed by atoms with E-state index in [2.05, 4.69) is 5.32 Å². The number of amides is 1. The van der Waals surface area contributed by atoms with Gasteiger partial charge in [0.1, 0.15) is 17.3 Å². The van der Waals surface area contributed by atoms with Gasteiger partial charge in [-0.2, -0.15) is 0 Å². The van der Waals surface area contributed by atoms with Crippen molar-refractivity contribution in [3.63, 3.8) is 0 Å². The second-order valence-corrected chi connectivity index (χ2v) is 4.70. The SMILES string of the molecule is COc1cccc(CCNC(=O)COc2cccc(F)c2)c1. The van der Waals surface area contributed by atoms with Crippen molar-refractivity contribution in [2.24, 2.45) is 0 Å². The summed E-state index contributed by atoms with van der Waals surface area (Å²) in [7, 11) is 1.62. The van der Waals surface area contributed by atoms with Crippen molar-refractivity contribution >= 4 is 5.91 Å². The predicted octanol–water partition coefficient (Wildman–Crippen LogP) is 2.57.